The van der Waals surface area contributed by atoms with Crippen LogP contribution in [0.15, 0.2) is 12.1 Å². The summed E-state index contributed by atoms with van der Waals surface area (Å²) in [5, 5.41) is 1.97. The van der Waals surface area contributed by atoms with E-state index >= 15 is 0 Å². The standard InChI is InChI=1S/C14H14N2O5/c1-4-8-6-9(12(17)16-14(19)21-5-2)10(7-11(8)15)13(18)20-3/h1,6-7H,5,15H2,2-3H3,(H,16,17,19). The smallest absolute Gasteiger partial charge is 0.414 e. The van der Waals surface area contributed by atoms with E-state index in [4.69, 9.17) is 12.2 Å². The Labute approximate surface area is 121 Å². The lowest BCUT2D eigenvalue weighted by atomic mass is 10.0. The minimum Gasteiger partial charge on any atom is -0.465 e. The number of nitrogens with two attached hydrogens (primary N) is 1. The number of imide groups is 1. The second-order valence-electron chi connectivity index (χ2n) is 3.80. The Kier molecular flexibility index (Phi) is 5.31. The van der Waals surface area contributed by atoms with Gasteiger partial charge in [-0.05, 0) is 19.1 Å². The van der Waals surface area contributed by atoms with E-state index in [9.17, 15) is 14.4 Å². The van der Waals surface area contributed by atoms with Gasteiger partial charge in [0.05, 0.1) is 24.8 Å². The minimum absolute atomic E-state index is 0.0975. The molecule has 0 heterocycles. The van der Waals surface area contributed by atoms with E-state index in [-0.39, 0.29) is 29.0 Å². The maximum absolute atomic E-state index is 12.0. The fraction of sp³-hybridized carbons (Fsp3) is 0.214. The van der Waals surface area contributed by atoms with Crippen molar-refractivity contribution in [1.82, 2.24) is 5.32 Å². The molecule has 0 aliphatic rings. The van der Waals surface area contributed by atoms with Crippen molar-refractivity contribution in [2.75, 3.05) is 19.5 Å². The first-order chi connectivity index (χ1) is 9.94. The highest BCUT2D eigenvalue weighted by Gasteiger charge is 2.21. The maximum atomic E-state index is 12.0. The molecule has 0 aromatic heterocycles. The monoisotopic (exact) mass is 290 g/mol. The number of nitrogens with one attached hydrogen (secondary N) is 1. The zero-order valence-electron chi connectivity index (χ0n) is 11.6. The maximum Gasteiger partial charge on any atom is 0.414 e. The minimum atomic E-state index is -0.933. The molecule has 1 rings (SSSR count). The van der Waals surface area contributed by atoms with Gasteiger partial charge in [-0.1, -0.05) is 5.92 Å². The van der Waals surface area contributed by atoms with Crippen molar-refractivity contribution in [3.05, 3.63) is 28.8 Å². The summed E-state index contributed by atoms with van der Waals surface area (Å²) >= 11 is 0. The largest absolute Gasteiger partial charge is 0.465 e. The molecule has 21 heavy (non-hydrogen) atoms. The van der Waals surface area contributed by atoms with Crippen LogP contribution < -0.4 is 11.1 Å². The van der Waals surface area contributed by atoms with Crippen molar-refractivity contribution in [2.45, 2.75) is 6.92 Å². The number of ether oxygens (including phenoxy) is 2. The predicted octanol–water partition coefficient (Wildman–Crippen LogP) is 0.923. The lowest BCUT2D eigenvalue weighted by Crippen LogP contribution is -2.32. The van der Waals surface area contributed by atoms with Gasteiger partial charge in [-0.15, -0.1) is 6.42 Å². The van der Waals surface area contributed by atoms with Crippen molar-refractivity contribution >= 4 is 23.7 Å². The first-order valence-corrected chi connectivity index (χ1v) is 5.91. The van der Waals surface area contributed by atoms with Crippen LogP contribution in [0.5, 0.6) is 0 Å². The van der Waals surface area contributed by atoms with E-state index in [0.717, 1.165) is 7.11 Å². The first-order valence-electron chi connectivity index (χ1n) is 5.91. The molecule has 0 fully saturated rings. The molecule has 0 aliphatic heterocycles. The number of carbonyl (C=O) groups is 3. The van der Waals surface area contributed by atoms with E-state index in [1.807, 2.05) is 5.32 Å². The van der Waals surface area contributed by atoms with Gasteiger partial charge in [0, 0.05) is 11.3 Å². The fourth-order valence-electron chi connectivity index (χ4n) is 1.54. The molecule has 0 bridgehead atoms. The number of nitrogen functional groups attached to an aromatic ring is 1. The van der Waals surface area contributed by atoms with Crippen molar-refractivity contribution in [3.63, 3.8) is 0 Å². The van der Waals surface area contributed by atoms with Gasteiger partial charge in [0.1, 0.15) is 0 Å². The lowest BCUT2D eigenvalue weighted by molar-refractivity contribution is 0.0595. The number of alkyl carbamates (subject to hydrolysis) is 1. The molecular weight excluding hydrogens is 276 g/mol. The molecule has 110 valence electrons. The van der Waals surface area contributed by atoms with E-state index in [1.165, 1.54) is 12.1 Å². The Morgan fingerprint density at radius 2 is 2.00 bits per heavy atom. The van der Waals surface area contributed by atoms with E-state index in [2.05, 4.69) is 15.4 Å². The molecule has 1 aromatic rings. The number of esters is 1. The van der Waals surface area contributed by atoms with E-state index in [0.29, 0.717) is 0 Å². The van der Waals surface area contributed by atoms with Gasteiger partial charge < -0.3 is 15.2 Å². The van der Waals surface area contributed by atoms with Crippen LogP contribution in [0.3, 0.4) is 0 Å². The van der Waals surface area contributed by atoms with Crippen LogP contribution in [-0.2, 0) is 9.47 Å². The van der Waals surface area contributed by atoms with Crippen LogP contribution in [0.1, 0.15) is 33.2 Å². The normalized spacial score (nSPS) is 9.38. The van der Waals surface area contributed by atoms with E-state index < -0.39 is 18.0 Å². The number of benzene rings is 1. The lowest BCUT2D eigenvalue weighted by Gasteiger charge is -2.10. The molecule has 7 heteroatoms. The number of methoxy groups -OCH3 is 1. The molecule has 0 atom stereocenters. The van der Waals surface area contributed by atoms with Gasteiger partial charge in [0.15, 0.2) is 0 Å². The average Bonchev–Trinajstić information content (AvgIpc) is 2.46. The highest BCUT2D eigenvalue weighted by atomic mass is 16.5. The predicted molar refractivity (Wildman–Crippen MR) is 74.6 cm³/mol. The van der Waals surface area contributed by atoms with Gasteiger partial charge in [0.2, 0.25) is 0 Å². The van der Waals surface area contributed by atoms with Crippen LogP contribution >= 0.6 is 0 Å². The molecule has 2 amide bonds. The SMILES string of the molecule is C#Cc1cc(C(=O)NC(=O)OCC)c(C(=O)OC)cc1N. The number of rotatable bonds is 3. The number of anilines is 1. The Hall–Kier alpha value is -3.01. The molecule has 7 nitrogen and oxygen atoms in total. The van der Waals surface area contributed by atoms with Crippen molar-refractivity contribution in [1.29, 1.82) is 0 Å². The van der Waals surface area contributed by atoms with Crippen LogP contribution in [0.4, 0.5) is 10.5 Å². The van der Waals surface area contributed by atoms with Gasteiger partial charge >= 0.3 is 12.1 Å². The van der Waals surface area contributed by atoms with E-state index in [1.54, 1.807) is 6.92 Å². The third-order valence-corrected chi connectivity index (χ3v) is 2.49. The summed E-state index contributed by atoms with van der Waals surface area (Å²) in [5.74, 6) is 0.659. The van der Waals surface area contributed by atoms with Crippen LogP contribution in [-0.4, -0.2) is 31.7 Å². The number of amides is 2. The zero-order chi connectivity index (χ0) is 16.0. The molecule has 0 saturated heterocycles. The topological polar surface area (TPSA) is 108 Å². The fourth-order valence-corrected chi connectivity index (χ4v) is 1.54. The third-order valence-electron chi connectivity index (χ3n) is 2.49. The first kappa shape index (κ1) is 16.0. The summed E-state index contributed by atoms with van der Waals surface area (Å²) in [4.78, 5) is 35.0. The van der Waals surface area contributed by atoms with Crippen LogP contribution in [0.25, 0.3) is 0 Å². The Morgan fingerprint density at radius 3 is 2.52 bits per heavy atom. The van der Waals surface area contributed by atoms with Crippen LogP contribution in [0.2, 0.25) is 0 Å². The second-order valence-corrected chi connectivity index (χ2v) is 3.80. The second kappa shape index (κ2) is 6.96. The number of terminal acetylenes is 1. The molecule has 0 saturated carbocycles. The van der Waals surface area contributed by atoms with Gasteiger partial charge in [-0.3, -0.25) is 10.1 Å². The Balaban J connectivity index is 3.25. The number of hydrogen-bond donors (Lipinski definition) is 2. The molecule has 3 N–H and O–H groups in total. The molecule has 0 spiro atoms. The third kappa shape index (κ3) is 3.73. The van der Waals surface area contributed by atoms with Gasteiger partial charge in [0.25, 0.3) is 5.91 Å². The van der Waals surface area contributed by atoms with Gasteiger partial charge in [-0.25, -0.2) is 9.59 Å². The average molecular weight is 290 g/mol. The summed E-state index contributed by atoms with van der Waals surface area (Å²) in [5.41, 5.74) is 5.80. The number of hydrogen-bond acceptors (Lipinski definition) is 6. The summed E-state index contributed by atoms with van der Waals surface area (Å²) in [6.07, 6.45) is 4.32. The Morgan fingerprint density at radius 1 is 1.33 bits per heavy atom. The molecule has 0 unspecified atom stereocenters. The molecular formula is C14H14N2O5. The number of carbonyl (C=O) groups excluding carboxylic acids is 3. The van der Waals surface area contributed by atoms with Crippen molar-refractivity contribution in [3.8, 4) is 12.3 Å². The molecule has 0 radical (unpaired) electrons. The quantitative estimate of drug-likeness (QED) is 0.487. The van der Waals surface area contributed by atoms with Gasteiger partial charge in [-0.2, -0.15) is 0 Å². The summed E-state index contributed by atoms with van der Waals surface area (Å²) < 4.78 is 9.15. The van der Waals surface area contributed by atoms with Crippen molar-refractivity contribution in [2.24, 2.45) is 0 Å². The highest BCUT2D eigenvalue weighted by Crippen LogP contribution is 2.19. The molecule has 1 aromatic carbocycles. The summed E-state index contributed by atoms with van der Waals surface area (Å²) in [7, 11) is 1.15. The zero-order valence-corrected chi connectivity index (χ0v) is 11.6. The highest BCUT2D eigenvalue weighted by molar-refractivity contribution is 6.10. The van der Waals surface area contributed by atoms with Crippen molar-refractivity contribution < 1.29 is 23.9 Å². The molecule has 0 aliphatic carbocycles. The van der Waals surface area contributed by atoms with Crippen LogP contribution in [0, 0.1) is 12.3 Å². The summed E-state index contributed by atoms with van der Waals surface area (Å²) in [6, 6.07) is 2.46. The summed E-state index contributed by atoms with van der Waals surface area (Å²) in [6.45, 7) is 1.68. The Bertz CT molecular complexity index is 631.